The van der Waals surface area contributed by atoms with Crippen LogP contribution in [0.5, 0.6) is 5.75 Å². The molecule has 0 aliphatic heterocycles. The lowest BCUT2D eigenvalue weighted by Gasteiger charge is -2.43. The van der Waals surface area contributed by atoms with Gasteiger partial charge in [-0.15, -0.1) is 0 Å². The van der Waals surface area contributed by atoms with Gasteiger partial charge in [0.15, 0.2) is 5.78 Å². The second kappa shape index (κ2) is 8.52. The first-order valence-electron chi connectivity index (χ1n) is 8.99. The Labute approximate surface area is 158 Å². The molecule has 1 aliphatic carbocycles. The summed E-state index contributed by atoms with van der Waals surface area (Å²) in [6, 6.07) is 6.81. The highest BCUT2D eigenvalue weighted by Crippen LogP contribution is 2.48. The van der Waals surface area contributed by atoms with Gasteiger partial charge in [-0.25, -0.2) is 0 Å². The molecule has 4 atom stereocenters. The van der Waals surface area contributed by atoms with Crippen molar-refractivity contribution in [2.75, 3.05) is 20.3 Å². The normalized spacial score (nSPS) is 27.7. The summed E-state index contributed by atoms with van der Waals surface area (Å²) in [5, 5.41) is 10.9. The van der Waals surface area contributed by atoms with Crippen molar-refractivity contribution >= 4 is 17.7 Å². The fraction of sp³-hybridized carbons (Fsp3) is 0.550. The Morgan fingerprint density at radius 1 is 1.15 bits per heavy atom. The van der Waals surface area contributed by atoms with Crippen molar-refractivity contribution in [1.82, 2.24) is 0 Å². The van der Waals surface area contributed by atoms with Gasteiger partial charge in [-0.3, -0.25) is 14.4 Å². The molecule has 27 heavy (non-hydrogen) atoms. The van der Waals surface area contributed by atoms with Crippen molar-refractivity contribution in [3.63, 3.8) is 0 Å². The summed E-state index contributed by atoms with van der Waals surface area (Å²) in [5.74, 6) is -4.76. The van der Waals surface area contributed by atoms with Gasteiger partial charge < -0.3 is 19.3 Å². The number of benzene rings is 1. The van der Waals surface area contributed by atoms with Crippen LogP contribution in [-0.4, -0.2) is 48.8 Å². The van der Waals surface area contributed by atoms with Crippen molar-refractivity contribution < 1.29 is 33.7 Å². The molecule has 0 amide bonds. The number of ketones is 1. The lowest BCUT2D eigenvalue weighted by Crippen LogP contribution is -2.55. The fourth-order valence-corrected chi connectivity index (χ4v) is 3.80. The zero-order valence-corrected chi connectivity index (χ0v) is 16.1. The molecule has 0 unspecified atom stereocenters. The van der Waals surface area contributed by atoms with Gasteiger partial charge in [0.25, 0.3) is 0 Å². The predicted octanol–water partition coefficient (Wildman–Crippen LogP) is 1.86. The molecule has 1 saturated carbocycles. The Morgan fingerprint density at radius 3 is 2.33 bits per heavy atom. The van der Waals surface area contributed by atoms with E-state index in [1.54, 1.807) is 38.1 Å². The molecule has 1 aliphatic rings. The average molecular weight is 378 g/mol. The summed E-state index contributed by atoms with van der Waals surface area (Å²) in [6.07, 6.45) is -0.342. The van der Waals surface area contributed by atoms with Crippen LogP contribution in [0, 0.1) is 11.8 Å². The zero-order valence-electron chi connectivity index (χ0n) is 16.1. The molecule has 0 heterocycles. The maximum Gasteiger partial charge on any atom is 0.317 e. The van der Waals surface area contributed by atoms with Gasteiger partial charge in [-0.05, 0) is 32.4 Å². The highest BCUT2D eigenvalue weighted by Gasteiger charge is 2.57. The zero-order chi connectivity index (χ0) is 20.2. The molecule has 0 spiro atoms. The molecule has 1 fully saturated rings. The number of Topliss-reactive ketones (excluding diaryl/α,β-unsaturated/α-hetero) is 1. The van der Waals surface area contributed by atoms with Crippen molar-refractivity contribution in [1.29, 1.82) is 0 Å². The molecule has 0 saturated heterocycles. The molecular weight excluding hydrogens is 352 g/mol. The third kappa shape index (κ3) is 4.13. The molecule has 148 valence electrons. The van der Waals surface area contributed by atoms with Crippen LogP contribution in [0.1, 0.15) is 38.7 Å². The van der Waals surface area contributed by atoms with Crippen LogP contribution in [-0.2, 0) is 23.9 Å². The largest absolute Gasteiger partial charge is 0.496 e. The molecule has 2 rings (SSSR count). The van der Waals surface area contributed by atoms with E-state index in [2.05, 4.69) is 0 Å². The average Bonchev–Trinajstić information content (AvgIpc) is 2.60. The second-order valence-electron chi connectivity index (χ2n) is 6.73. The summed E-state index contributed by atoms with van der Waals surface area (Å²) < 4.78 is 15.6. The molecule has 1 aromatic rings. The maximum atomic E-state index is 12.8. The number of para-hydroxylation sites is 1. The minimum absolute atomic E-state index is 0.0989. The molecular formula is C20H26O7. The quantitative estimate of drug-likeness (QED) is 0.596. The molecule has 0 aromatic heterocycles. The lowest BCUT2D eigenvalue weighted by molar-refractivity contribution is -0.172. The van der Waals surface area contributed by atoms with E-state index in [-0.39, 0.29) is 19.6 Å². The van der Waals surface area contributed by atoms with Crippen LogP contribution in [0.3, 0.4) is 0 Å². The number of carbonyl (C=O) groups is 3. The number of aliphatic hydroxyl groups is 1. The van der Waals surface area contributed by atoms with Gasteiger partial charge in [-0.2, -0.15) is 0 Å². The Kier molecular flexibility index (Phi) is 6.59. The number of ether oxygens (including phenoxy) is 3. The van der Waals surface area contributed by atoms with Crippen LogP contribution < -0.4 is 4.74 Å². The van der Waals surface area contributed by atoms with Crippen molar-refractivity contribution in [2.45, 2.75) is 38.7 Å². The Morgan fingerprint density at radius 2 is 1.74 bits per heavy atom. The number of methoxy groups -OCH3 is 1. The van der Waals surface area contributed by atoms with Crippen LogP contribution in [0.25, 0.3) is 0 Å². The summed E-state index contributed by atoms with van der Waals surface area (Å²) in [5.41, 5.74) is -1.19. The van der Waals surface area contributed by atoms with Crippen LogP contribution >= 0.6 is 0 Å². The summed E-state index contributed by atoms with van der Waals surface area (Å²) in [7, 11) is 1.46. The molecule has 7 nitrogen and oxygen atoms in total. The molecule has 1 N–H and O–H groups in total. The molecule has 1 aromatic carbocycles. The van der Waals surface area contributed by atoms with E-state index in [1.807, 2.05) is 0 Å². The number of hydrogen-bond acceptors (Lipinski definition) is 7. The first-order valence-corrected chi connectivity index (χ1v) is 8.99. The molecule has 7 heteroatoms. The summed E-state index contributed by atoms with van der Waals surface area (Å²) >= 11 is 0. The smallest absolute Gasteiger partial charge is 0.317 e. The van der Waals surface area contributed by atoms with Gasteiger partial charge in [0, 0.05) is 12.3 Å². The minimum Gasteiger partial charge on any atom is -0.496 e. The van der Waals surface area contributed by atoms with E-state index in [9.17, 15) is 19.5 Å². The van der Waals surface area contributed by atoms with Gasteiger partial charge in [-0.1, -0.05) is 18.2 Å². The highest BCUT2D eigenvalue weighted by atomic mass is 16.5. The number of hydrogen-bond donors (Lipinski definition) is 1. The number of carbonyl (C=O) groups excluding carboxylic acids is 3. The summed E-state index contributed by atoms with van der Waals surface area (Å²) in [4.78, 5) is 38.1. The third-order valence-corrected chi connectivity index (χ3v) is 4.85. The van der Waals surface area contributed by atoms with E-state index in [0.29, 0.717) is 11.3 Å². The standard InChI is InChI=1S/C20H26O7/c1-5-26-18(22)16-13(21)11-20(3,24)17(19(23)27-6-2)15(16)12-9-7-8-10-14(12)25-4/h7-10,15-17,24H,5-6,11H2,1-4H3/t15-,16-,17-,20-/m1/s1. The first-order chi connectivity index (χ1) is 12.8. The summed E-state index contributed by atoms with van der Waals surface area (Å²) in [6.45, 7) is 4.92. The molecule has 0 bridgehead atoms. The van der Waals surface area contributed by atoms with Gasteiger partial charge in [0.2, 0.25) is 0 Å². The van der Waals surface area contributed by atoms with E-state index in [4.69, 9.17) is 14.2 Å². The topological polar surface area (TPSA) is 99.1 Å². The fourth-order valence-electron chi connectivity index (χ4n) is 3.80. The van der Waals surface area contributed by atoms with E-state index < -0.39 is 41.1 Å². The predicted molar refractivity (Wildman–Crippen MR) is 96.2 cm³/mol. The lowest BCUT2D eigenvalue weighted by atomic mass is 9.61. The van der Waals surface area contributed by atoms with E-state index in [0.717, 1.165) is 0 Å². The van der Waals surface area contributed by atoms with E-state index >= 15 is 0 Å². The monoisotopic (exact) mass is 378 g/mol. The van der Waals surface area contributed by atoms with Crippen molar-refractivity contribution in [2.24, 2.45) is 11.8 Å². The van der Waals surface area contributed by atoms with Crippen molar-refractivity contribution in [3.05, 3.63) is 29.8 Å². The van der Waals surface area contributed by atoms with Gasteiger partial charge in [0.05, 0.1) is 31.8 Å². The second-order valence-corrected chi connectivity index (χ2v) is 6.73. The van der Waals surface area contributed by atoms with Crippen LogP contribution in [0.15, 0.2) is 24.3 Å². The van der Waals surface area contributed by atoms with Gasteiger partial charge in [0.1, 0.15) is 11.7 Å². The Hall–Kier alpha value is -2.41. The van der Waals surface area contributed by atoms with Crippen molar-refractivity contribution in [3.8, 4) is 5.75 Å². The molecule has 0 radical (unpaired) electrons. The van der Waals surface area contributed by atoms with Gasteiger partial charge >= 0.3 is 11.9 Å². The minimum atomic E-state index is -1.67. The Bertz CT molecular complexity index is 710. The highest BCUT2D eigenvalue weighted by molar-refractivity contribution is 6.03. The number of rotatable bonds is 6. The first kappa shape index (κ1) is 20.9. The van der Waals surface area contributed by atoms with Crippen LogP contribution in [0.4, 0.5) is 0 Å². The number of esters is 2. The maximum absolute atomic E-state index is 12.8. The Balaban J connectivity index is 2.67. The SMILES string of the molecule is CCOC(=O)[C@@H]1C(=O)C[C@@](C)(O)[C@@H](C(=O)OCC)[C@@H]1c1ccccc1OC. The third-order valence-electron chi connectivity index (χ3n) is 4.85. The van der Waals surface area contributed by atoms with Crippen LogP contribution in [0.2, 0.25) is 0 Å². The van der Waals surface area contributed by atoms with E-state index in [1.165, 1.54) is 14.0 Å².